The third-order valence-corrected chi connectivity index (χ3v) is 5.78. The van der Waals surface area contributed by atoms with Crippen molar-refractivity contribution in [3.8, 4) is 0 Å². The van der Waals surface area contributed by atoms with E-state index in [2.05, 4.69) is 4.74 Å². The summed E-state index contributed by atoms with van der Waals surface area (Å²) in [5.41, 5.74) is 6.02. The highest BCUT2D eigenvalue weighted by atomic mass is 32.2. The molecule has 1 aliphatic rings. The smallest absolute Gasteiger partial charge is 0.341 e. The summed E-state index contributed by atoms with van der Waals surface area (Å²) < 4.78 is 36.6. The van der Waals surface area contributed by atoms with Crippen LogP contribution in [0.5, 0.6) is 0 Å². The van der Waals surface area contributed by atoms with Gasteiger partial charge in [-0.25, -0.2) is 13.2 Å². The number of nitrogens with zero attached hydrogens (tertiary/aromatic N) is 1. The minimum Gasteiger partial charge on any atom is -0.465 e. The number of piperidine rings is 1. The normalized spacial score (nSPS) is 21.5. The molecule has 0 bridgehead atoms. The van der Waals surface area contributed by atoms with E-state index in [-0.39, 0.29) is 28.4 Å². The topological polar surface area (TPSA) is 103 Å². The molecule has 1 saturated heterocycles. The Balaban J connectivity index is 2.29. The quantitative estimate of drug-likeness (QED) is 0.830. The number of nitrogens with two attached hydrogens (primary N) is 1. The number of ether oxygens (including phenoxy) is 1. The first kappa shape index (κ1) is 17.0. The first-order chi connectivity index (χ1) is 10.3. The van der Waals surface area contributed by atoms with Gasteiger partial charge in [-0.05, 0) is 32.6 Å². The van der Waals surface area contributed by atoms with Gasteiger partial charge in [0, 0.05) is 25.2 Å². The number of hydrogen-bond acceptors (Lipinski definition) is 6. The number of aryl methyl sites for hydroxylation is 1. The second kappa shape index (κ2) is 6.39. The van der Waals surface area contributed by atoms with Crippen LogP contribution in [0.4, 0.5) is 0 Å². The van der Waals surface area contributed by atoms with Crippen molar-refractivity contribution in [2.45, 2.75) is 37.8 Å². The van der Waals surface area contributed by atoms with E-state index in [0.717, 1.165) is 12.8 Å². The van der Waals surface area contributed by atoms with Crippen LogP contribution >= 0.6 is 0 Å². The van der Waals surface area contributed by atoms with Gasteiger partial charge in [-0.2, -0.15) is 4.31 Å². The zero-order valence-electron chi connectivity index (χ0n) is 13.0. The Kier molecular flexibility index (Phi) is 4.93. The van der Waals surface area contributed by atoms with Crippen LogP contribution in [0.3, 0.4) is 0 Å². The molecular formula is C14H22N2O5S. The fourth-order valence-electron chi connectivity index (χ4n) is 2.64. The van der Waals surface area contributed by atoms with Crippen LogP contribution in [0.1, 0.15) is 35.9 Å². The molecule has 1 fully saturated rings. The molecule has 2 atom stereocenters. The van der Waals surface area contributed by atoms with E-state index in [4.69, 9.17) is 10.2 Å². The molecule has 22 heavy (non-hydrogen) atoms. The number of carbonyl (C=O) groups excluding carboxylic acids is 1. The van der Waals surface area contributed by atoms with Crippen molar-refractivity contribution in [1.29, 1.82) is 0 Å². The summed E-state index contributed by atoms with van der Waals surface area (Å²) >= 11 is 0. The summed E-state index contributed by atoms with van der Waals surface area (Å²) in [7, 11) is -2.53. The van der Waals surface area contributed by atoms with Crippen molar-refractivity contribution < 1.29 is 22.4 Å². The van der Waals surface area contributed by atoms with Crippen LogP contribution in [0.2, 0.25) is 0 Å². The maximum atomic E-state index is 12.7. The average molecular weight is 330 g/mol. The average Bonchev–Trinajstić information content (AvgIpc) is 2.89. The van der Waals surface area contributed by atoms with Gasteiger partial charge >= 0.3 is 5.97 Å². The molecular weight excluding hydrogens is 308 g/mol. The van der Waals surface area contributed by atoms with Gasteiger partial charge in [0.25, 0.3) is 10.0 Å². The van der Waals surface area contributed by atoms with Crippen LogP contribution in [0.15, 0.2) is 15.6 Å². The first-order valence-electron chi connectivity index (χ1n) is 7.22. The highest BCUT2D eigenvalue weighted by Crippen LogP contribution is 2.27. The van der Waals surface area contributed by atoms with E-state index < -0.39 is 16.0 Å². The molecule has 0 saturated carbocycles. The van der Waals surface area contributed by atoms with Crippen molar-refractivity contribution in [2.75, 3.05) is 20.2 Å². The molecule has 0 aliphatic carbocycles. The standard InChI is InChI=1S/C14H22N2O5S/c1-9(15)11-5-4-6-16(8-11)22(18,19)13-7-12(10(2)21-13)14(17)20-3/h7,9,11H,4-6,8,15H2,1-3H3. The predicted octanol–water partition coefficient (Wildman–Crippen LogP) is 1.12. The van der Waals surface area contributed by atoms with E-state index in [1.807, 2.05) is 6.92 Å². The molecule has 2 rings (SSSR count). The Morgan fingerprint density at radius 1 is 1.55 bits per heavy atom. The summed E-state index contributed by atoms with van der Waals surface area (Å²) in [4.78, 5) is 11.6. The predicted molar refractivity (Wildman–Crippen MR) is 79.9 cm³/mol. The van der Waals surface area contributed by atoms with E-state index in [1.54, 1.807) is 0 Å². The van der Waals surface area contributed by atoms with Crippen molar-refractivity contribution in [3.05, 3.63) is 17.4 Å². The zero-order valence-corrected chi connectivity index (χ0v) is 13.9. The Bertz CT molecular complexity index is 650. The number of carbonyl (C=O) groups is 1. The van der Waals surface area contributed by atoms with Gasteiger partial charge in [-0.3, -0.25) is 0 Å². The number of methoxy groups -OCH3 is 1. The lowest BCUT2D eigenvalue weighted by atomic mass is 9.93. The first-order valence-corrected chi connectivity index (χ1v) is 8.66. The van der Waals surface area contributed by atoms with Gasteiger partial charge in [-0.1, -0.05) is 0 Å². The molecule has 1 aromatic rings. The van der Waals surface area contributed by atoms with Crippen LogP contribution in [-0.4, -0.2) is 44.9 Å². The minimum atomic E-state index is -3.77. The molecule has 0 radical (unpaired) electrons. The Morgan fingerprint density at radius 3 is 2.82 bits per heavy atom. The third-order valence-electron chi connectivity index (χ3n) is 4.06. The lowest BCUT2D eigenvalue weighted by Gasteiger charge is -2.33. The molecule has 2 N–H and O–H groups in total. The summed E-state index contributed by atoms with van der Waals surface area (Å²) in [6.45, 7) is 4.21. The van der Waals surface area contributed by atoms with E-state index in [1.165, 1.54) is 24.4 Å². The summed E-state index contributed by atoms with van der Waals surface area (Å²) in [5.74, 6) is -0.263. The fraction of sp³-hybridized carbons (Fsp3) is 0.643. The van der Waals surface area contributed by atoms with Gasteiger partial charge < -0.3 is 14.9 Å². The molecule has 0 spiro atoms. The molecule has 2 unspecified atom stereocenters. The van der Waals surface area contributed by atoms with E-state index >= 15 is 0 Å². The Labute approximate surface area is 130 Å². The molecule has 1 aromatic heterocycles. The van der Waals surface area contributed by atoms with Crippen LogP contribution in [-0.2, 0) is 14.8 Å². The number of rotatable bonds is 4. The lowest BCUT2D eigenvalue weighted by molar-refractivity contribution is 0.0598. The fourth-order valence-corrected chi connectivity index (χ4v) is 4.15. The SMILES string of the molecule is COC(=O)c1cc(S(=O)(=O)N2CCCC(C(C)N)C2)oc1C. The Morgan fingerprint density at radius 2 is 2.23 bits per heavy atom. The third kappa shape index (κ3) is 3.18. The second-order valence-electron chi connectivity index (χ2n) is 5.65. The number of furan rings is 1. The second-order valence-corrected chi connectivity index (χ2v) is 7.52. The van der Waals surface area contributed by atoms with Gasteiger partial charge in [0.05, 0.1) is 7.11 Å². The van der Waals surface area contributed by atoms with Crippen molar-refractivity contribution >= 4 is 16.0 Å². The number of esters is 1. The minimum absolute atomic E-state index is 0.0676. The molecule has 0 aromatic carbocycles. The number of hydrogen-bond donors (Lipinski definition) is 1. The highest BCUT2D eigenvalue weighted by molar-refractivity contribution is 7.89. The van der Waals surface area contributed by atoms with Crippen LogP contribution in [0.25, 0.3) is 0 Å². The zero-order chi connectivity index (χ0) is 16.5. The number of sulfonamides is 1. The molecule has 8 heteroatoms. The molecule has 2 heterocycles. The van der Waals surface area contributed by atoms with E-state index in [0.29, 0.717) is 13.1 Å². The summed E-state index contributed by atoms with van der Waals surface area (Å²) in [5, 5.41) is -0.226. The summed E-state index contributed by atoms with van der Waals surface area (Å²) in [6.07, 6.45) is 1.67. The molecule has 7 nitrogen and oxygen atoms in total. The maximum Gasteiger partial charge on any atom is 0.341 e. The van der Waals surface area contributed by atoms with Crippen molar-refractivity contribution in [3.63, 3.8) is 0 Å². The summed E-state index contributed by atoms with van der Waals surface area (Å²) in [6, 6.07) is 1.16. The Hall–Kier alpha value is -1.38. The maximum absolute atomic E-state index is 12.7. The monoisotopic (exact) mass is 330 g/mol. The lowest BCUT2D eigenvalue weighted by Crippen LogP contribution is -2.44. The van der Waals surface area contributed by atoms with Crippen molar-refractivity contribution in [1.82, 2.24) is 4.31 Å². The molecule has 0 amide bonds. The van der Waals surface area contributed by atoms with Gasteiger partial charge in [0.2, 0.25) is 5.09 Å². The van der Waals surface area contributed by atoms with Gasteiger partial charge in [-0.15, -0.1) is 0 Å². The van der Waals surface area contributed by atoms with Gasteiger partial charge in [0.1, 0.15) is 11.3 Å². The van der Waals surface area contributed by atoms with Crippen LogP contribution in [0, 0.1) is 12.8 Å². The largest absolute Gasteiger partial charge is 0.465 e. The molecule has 1 aliphatic heterocycles. The molecule has 124 valence electrons. The van der Waals surface area contributed by atoms with E-state index in [9.17, 15) is 13.2 Å². The van der Waals surface area contributed by atoms with Gasteiger partial charge in [0.15, 0.2) is 0 Å². The highest BCUT2D eigenvalue weighted by Gasteiger charge is 2.34. The van der Waals surface area contributed by atoms with Crippen molar-refractivity contribution in [2.24, 2.45) is 11.7 Å². The van der Waals surface area contributed by atoms with Crippen LogP contribution < -0.4 is 5.73 Å².